The predicted molar refractivity (Wildman–Crippen MR) is 78.3 cm³/mol. The van der Waals surface area contributed by atoms with Gasteiger partial charge in [-0.05, 0) is 31.4 Å². The summed E-state index contributed by atoms with van der Waals surface area (Å²) in [5.41, 5.74) is 1.04. The van der Waals surface area contributed by atoms with E-state index < -0.39 is 0 Å². The molecule has 4 nitrogen and oxygen atoms in total. The summed E-state index contributed by atoms with van der Waals surface area (Å²) < 4.78 is 0. The Kier molecular flexibility index (Phi) is 5.19. The van der Waals surface area contributed by atoms with Gasteiger partial charge in [0.05, 0.1) is 11.9 Å². The highest BCUT2D eigenvalue weighted by molar-refractivity contribution is 5.89. The van der Waals surface area contributed by atoms with Crippen molar-refractivity contribution in [2.24, 2.45) is 0 Å². The average molecular weight is 261 g/mol. The van der Waals surface area contributed by atoms with Crippen molar-refractivity contribution in [2.75, 3.05) is 10.6 Å². The number of pyridine rings is 1. The van der Waals surface area contributed by atoms with Gasteiger partial charge in [-0.25, -0.2) is 4.98 Å². The Balaban J connectivity index is 1.85. The maximum Gasteiger partial charge on any atom is 0.225 e. The fourth-order valence-electron chi connectivity index (χ4n) is 2.47. The highest BCUT2D eigenvalue weighted by Gasteiger charge is 2.12. The molecule has 1 heterocycles. The normalized spacial score (nSPS) is 16.1. The van der Waals surface area contributed by atoms with Crippen LogP contribution in [0.3, 0.4) is 0 Å². The second-order valence-corrected chi connectivity index (χ2v) is 5.21. The largest absolute Gasteiger partial charge is 0.381 e. The summed E-state index contributed by atoms with van der Waals surface area (Å²) in [5, 5.41) is 6.31. The second kappa shape index (κ2) is 7.12. The van der Waals surface area contributed by atoms with E-state index >= 15 is 0 Å². The molecule has 1 aliphatic rings. The number of rotatable bonds is 5. The van der Waals surface area contributed by atoms with E-state index in [2.05, 4.69) is 15.6 Å². The van der Waals surface area contributed by atoms with Crippen LogP contribution in [0.5, 0.6) is 0 Å². The molecule has 0 unspecified atom stereocenters. The lowest BCUT2D eigenvalue weighted by Crippen LogP contribution is -2.22. The third kappa shape index (κ3) is 4.54. The quantitative estimate of drug-likeness (QED) is 0.852. The van der Waals surface area contributed by atoms with Crippen LogP contribution >= 0.6 is 0 Å². The van der Waals surface area contributed by atoms with E-state index in [9.17, 15) is 4.79 Å². The van der Waals surface area contributed by atoms with Gasteiger partial charge in [0.2, 0.25) is 5.91 Å². The number of nitrogens with one attached hydrogen (secondary N) is 2. The lowest BCUT2D eigenvalue weighted by Gasteiger charge is -2.23. The van der Waals surface area contributed by atoms with Crippen LogP contribution in [0.15, 0.2) is 18.3 Å². The molecule has 104 valence electrons. The minimum atomic E-state index is 0.0305. The maximum absolute atomic E-state index is 11.4. The molecule has 1 saturated carbocycles. The van der Waals surface area contributed by atoms with Crippen molar-refractivity contribution < 1.29 is 4.79 Å². The van der Waals surface area contributed by atoms with Gasteiger partial charge in [-0.2, -0.15) is 0 Å². The third-order valence-electron chi connectivity index (χ3n) is 3.48. The molecule has 19 heavy (non-hydrogen) atoms. The highest BCUT2D eigenvalue weighted by atomic mass is 16.1. The molecule has 0 radical (unpaired) electrons. The molecule has 1 amide bonds. The lowest BCUT2D eigenvalue weighted by atomic mass is 9.95. The molecule has 0 bridgehead atoms. The number of carbonyl (C=O) groups is 1. The first-order valence-electron chi connectivity index (χ1n) is 7.30. The molecular weight excluding hydrogens is 238 g/mol. The average Bonchev–Trinajstić information content (AvgIpc) is 2.42. The van der Waals surface area contributed by atoms with Crippen LogP contribution in [0.4, 0.5) is 11.5 Å². The summed E-state index contributed by atoms with van der Waals surface area (Å²) in [6.45, 7) is 1.99. The molecular formula is C15H23N3O. The van der Waals surface area contributed by atoms with Crippen LogP contribution < -0.4 is 10.6 Å². The number of anilines is 2. The van der Waals surface area contributed by atoms with Crippen molar-refractivity contribution in [1.82, 2.24) is 4.98 Å². The molecule has 2 rings (SSSR count). The Labute approximate surface area is 115 Å². The zero-order valence-electron chi connectivity index (χ0n) is 11.6. The molecule has 0 saturated heterocycles. The summed E-state index contributed by atoms with van der Waals surface area (Å²) in [6.07, 6.45) is 9.68. The molecule has 1 aliphatic carbocycles. The van der Waals surface area contributed by atoms with E-state index in [1.807, 2.05) is 19.1 Å². The van der Waals surface area contributed by atoms with Crippen molar-refractivity contribution in [3.8, 4) is 0 Å². The van der Waals surface area contributed by atoms with Gasteiger partial charge in [0.1, 0.15) is 5.82 Å². The summed E-state index contributed by atoms with van der Waals surface area (Å²) >= 11 is 0. The van der Waals surface area contributed by atoms with Gasteiger partial charge in [-0.1, -0.05) is 26.2 Å². The zero-order chi connectivity index (χ0) is 13.5. The maximum atomic E-state index is 11.4. The van der Waals surface area contributed by atoms with E-state index in [-0.39, 0.29) is 5.91 Å². The Morgan fingerprint density at radius 3 is 2.74 bits per heavy atom. The van der Waals surface area contributed by atoms with Crippen molar-refractivity contribution >= 4 is 17.4 Å². The first-order valence-corrected chi connectivity index (χ1v) is 7.30. The van der Waals surface area contributed by atoms with Crippen LogP contribution in [0.2, 0.25) is 0 Å². The molecule has 2 N–H and O–H groups in total. The van der Waals surface area contributed by atoms with E-state index in [1.165, 1.54) is 32.1 Å². The van der Waals surface area contributed by atoms with E-state index in [0.29, 0.717) is 18.3 Å². The third-order valence-corrected chi connectivity index (χ3v) is 3.48. The molecule has 1 aromatic heterocycles. The highest BCUT2D eigenvalue weighted by Crippen LogP contribution is 2.21. The van der Waals surface area contributed by atoms with Gasteiger partial charge >= 0.3 is 0 Å². The molecule has 0 spiro atoms. The molecule has 1 fully saturated rings. The smallest absolute Gasteiger partial charge is 0.225 e. The Hall–Kier alpha value is -1.58. The molecule has 0 aliphatic heterocycles. The fraction of sp³-hybridized carbons (Fsp3) is 0.600. The van der Waals surface area contributed by atoms with Crippen molar-refractivity contribution in [3.63, 3.8) is 0 Å². The Bertz CT molecular complexity index is 396. The summed E-state index contributed by atoms with van der Waals surface area (Å²) in [4.78, 5) is 15.7. The van der Waals surface area contributed by atoms with Crippen molar-refractivity contribution in [3.05, 3.63) is 18.3 Å². The van der Waals surface area contributed by atoms with Crippen LogP contribution in [0.1, 0.15) is 51.9 Å². The van der Waals surface area contributed by atoms with Crippen molar-refractivity contribution in [1.29, 1.82) is 0 Å². The van der Waals surface area contributed by atoms with Gasteiger partial charge in [0, 0.05) is 12.5 Å². The van der Waals surface area contributed by atoms with E-state index in [4.69, 9.17) is 0 Å². The first kappa shape index (κ1) is 13.8. The van der Waals surface area contributed by atoms with Gasteiger partial charge in [-0.15, -0.1) is 0 Å². The topological polar surface area (TPSA) is 54.0 Å². The lowest BCUT2D eigenvalue weighted by molar-refractivity contribution is -0.116. The minimum absolute atomic E-state index is 0.0305. The first-order chi connectivity index (χ1) is 9.28. The Morgan fingerprint density at radius 2 is 2.11 bits per heavy atom. The number of carbonyl (C=O) groups excluding carboxylic acids is 1. The number of hydrogen-bond acceptors (Lipinski definition) is 3. The van der Waals surface area contributed by atoms with Gasteiger partial charge in [0.25, 0.3) is 0 Å². The van der Waals surface area contributed by atoms with Gasteiger partial charge in [-0.3, -0.25) is 4.79 Å². The van der Waals surface area contributed by atoms with E-state index in [0.717, 1.165) is 12.1 Å². The van der Waals surface area contributed by atoms with Gasteiger partial charge < -0.3 is 10.6 Å². The standard InChI is InChI=1S/C15H23N3O/c1-2-6-15(19)18-14-10-9-13(11-16-14)17-12-7-4-3-5-8-12/h9-12,17H,2-8H2,1H3,(H,16,18,19). The fourth-order valence-corrected chi connectivity index (χ4v) is 2.47. The molecule has 4 heteroatoms. The van der Waals surface area contributed by atoms with E-state index in [1.54, 1.807) is 6.20 Å². The van der Waals surface area contributed by atoms with Gasteiger partial charge in [0.15, 0.2) is 0 Å². The van der Waals surface area contributed by atoms with Crippen LogP contribution in [0, 0.1) is 0 Å². The molecule has 0 atom stereocenters. The number of hydrogen-bond donors (Lipinski definition) is 2. The number of aromatic nitrogens is 1. The monoisotopic (exact) mass is 261 g/mol. The number of nitrogens with zero attached hydrogens (tertiary/aromatic N) is 1. The SMILES string of the molecule is CCCC(=O)Nc1ccc(NC2CCCCC2)cn1. The zero-order valence-corrected chi connectivity index (χ0v) is 11.6. The summed E-state index contributed by atoms with van der Waals surface area (Å²) in [5.74, 6) is 0.663. The van der Waals surface area contributed by atoms with Crippen molar-refractivity contribution in [2.45, 2.75) is 57.9 Å². The summed E-state index contributed by atoms with van der Waals surface area (Å²) in [7, 11) is 0. The molecule has 1 aromatic rings. The number of amides is 1. The molecule has 0 aromatic carbocycles. The Morgan fingerprint density at radius 1 is 1.32 bits per heavy atom. The predicted octanol–water partition coefficient (Wildman–Crippen LogP) is 3.56. The van der Waals surface area contributed by atoms with Crippen LogP contribution in [-0.2, 0) is 4.79 Å². The van der Waals surface area contributed by atoms with Crippen LogP contribution in [0.25, 0.3) is 0 Å². The second-order valence-electron chi connectivity index (χ2n) is 5.21. The van der Waals surface area contributed by atoms with Crippen LogP contribution in [-0.4, -0.2) is 16.9 Å². The minimum Gasteiger partial charge on any atom is -0.381 e. The summed E-state index contributed by atoms with van der Waals surface area (Å²) in [6, 6.07) is 4.43.